The molecule has 3 heterocycles. The molecule has 1 aromatic heterocycles. The number of hydrogen-bond acceptors (Lipinski definition) is 8. The Balaban J connectivity index is 1.28. The van der Waals surface area contributed by atoms with Crippen molar-refractivity contribution in [1.82, 2.24) is 25.4 Å². The molecular weight excluding hydrogens is 496 g/mol. The number of aromatic amines is 1. The van der Waals surface area contributed by atoms with Crippen molar-refractivity contribution in [1.29, 1.82) is 0 Å². The van der Waals surface area contributed by atoms with Gasteiger partial charge >= 0.3 is 0 Å². The molecule has 2 amide bonds. The molecule has 2 aliphatic heterocycles. The fourth-order valence-corrected chi connectivity index (χ4v) is 5.39. The number of amides is 2. The highest BCUT2D eigenvalue weighted by Crippen LogP contribution is 2.48. The van der Waals surface area contributed by atoms with Gasteiger partial charge in [-0.3, -0.25) is 9.59 Å². The first-order valence-electron chi connectivity index (χ1n) is 13.2. The van der Waals surface area contributed by atoms with Crippen LogP contribution in [0.25, 0.3) is 0 Å². The second-order valence-electron chi connectivity index (χ2n) is 11.0. The van der Waals surface area contributed by atoms with Gasteiger partial charge in [0.2, 0.25) is 17.8 Å². The first kappa shape index (κ1) is 26.6. The Hall–Kier alpha value is -3.96. The van der Waals surface area contributed by atoms with Crippen LogP contribution in [0.4, 0.5) is 17.6 Å². The summed E-state index contributed by atoms with van der Waals surface area (Å²) >= 11 is 0. The van der Waals surface area contributed by atoms with E-state index in [-0.39, 0.29) is 23.9 Å². The van der Waals surface area contributed by atoms with Crippen LogP contribution in [-0.4, -0.2) is 69.7 Å². The summed E-state index contributed by atoms with van der Waals surface area (Å²) in [5, 5.41) is 9.82. The van der Waals surface area contributed by atoms with Crippen molar-refractivity contribution in [3.63, 3.8) is 0 Å². The van der Waals surface area contributed by atoms with Crippen LogP contribution in [0.5, 0.6) is 0 Å². The standard InChI is InChI=1S/C28H36N8O3/c1-27(2,30)24(38)31-21(17-39-16-19-8-4-3-5-9-19)23(37)35-14-12-28(13-15-35)18-36(26-32-25(29)33-34-26)22-11-7-6-10-20(22)28/h3-11,21H,12-18,30H2,1-2H3,(H,31,38)(H3,29,32,33,34)/t21-/m1/s1. The maximum absolute atomic E-state index is 13.7. The minimum Gasteiger partial charge on any atom is -0.374 e. The Morgan fingerprint density at radius 3 is 2.49 bits per heavy atom. The third-order valence-corrected chi connectivity index (χ3v) is 7.58. The lowest BCUT2D eigenvalue weighted by atomic mass is 9.74. The van der Waals surface area contributed by atoms with Crippen molar-refractivity contribution >= 4 is 29.4 Å². The lowest BCUT2D eigenvalue weighted by Gasteiger charge is -2.41. The number of carbonyl (C=O) groups is 2. The van der Waals surface area contributed by atoms with E-state index >= 15 is 0 Å². The van der Waals surface area contributed by atoms with Gasteiger partial charge in [0.1, 0.15) is 6.04 Å². The van der Waals surface area contributed by atoms with Gasteiger partial charge in [0, 0.05) is 30.7 Å². The molecule has 6 N–H and O–H groups in total. The first-order chi connectivity index (χ1) is 18.7. The van der Waals surface area contributed by atoms with Crippen LogP contribution in [0.2, 0.25) is 0 Å². The smallest absolute Gasteiger partial charge is 0.250 e. The van der Waals surface area contributed by atoms with E-state index in [9.17, 15) is 9.59 Å². The Morgan fingerprint density at radius 1 is 1.13 bits per heavy atom. The zero-order valence-corrected chi connectivity index (χ0v) is 22.4. The summed E-state index contributed by atoms with van der Waals surface area (Å²) in [4.78, 5) is 34.7. The number of rotatable bonds is 8. The average Bonchev–Trinajstić information content (AvgIpc) is 3.50. The van der Waals surface area contributed by atoms with Crippen LogP contribution in [0.15, 0.2) is 54.6 Å². The number of nitrogens with one attached hydrogen (secondary N) is 2. The maximum Gasteiger partial charge on any atom is 0.250 e. The summed E-state index contributed by atoms with van der Waals surface area (Å²) in [6.45, 7) is 5.43. The average molecular weight is 533 g/mol. The second kappa shape index (κ2) is 10.7. The van der Waals surface area contributed by atoms with Crippen LogP contribution < -0.4 is 21.7 Å². The number of anilines is 3. The predicted octanol–water partition coefficient (Wildman–Crippen LogP) is 1.84. The van der Waals surface area contributed by atoms with Crippen molar-refractivity contribution in [2.24, 2.45) is 5.73 Å². The van der Waals surface area contributed by atoms with E-state index < -0.39 is 17.5 Å². The molecule has 0 saturated carbocycles. The third kappa shape index (κ3) is 5.59. The molecule has 0 aliphatic carbocycles. The number of fused-ring (bicyclic) bond motifs is 2. The third-order valence-electron chi connectivity index (χ3n) is 7.58. The van der Waals surface area contributed by atoms with Crippen LogP contribution in [0, 0.1) is 0 Å². The van der Waals surface area contributed by atoms with E-state index in [2.05, 4.69) is 37.5 Å². The molecule has 206 valence electrons. The van der Waals surface area contributed by atoms with Gasteiger partial charge in [-0.05, 0) is 43.9 Å². The van der Waals surface area contributed by atoms with Crippen LogP contribution in [0.3, 0.4) is 0 Å². The fraction of sp³-hybridized carbons (Fsp3) is 0.429. The number of piperidine rings is 1. The minimum atomic E-state index is -1.12. The quantitative estimate of drug-likeness (QED) is 0.342. The van der Waals surface area contributed by atoms with Crippen molar-refractivity contribution in [2.45, 2.75) is 50.3 Å². The van der Waals surface area contributed by atoms with Crippen molar-refractivity contribution in [3.8, 4) is 0 Å². The summed E-state index contributed by atoms with van der Waals surface area (Å²) < 4.78 is 5.88. The number of benzene rings is 2. The van der Waals surface area contributed by atoms with Crippen LogP contribution in [0.1, 0.15) is 37.8 Å². The predicted molar refractivity (Wildman–Crippen MR) is 148 cm³/mol. The molecule has 0 bridgehead atoms. The van der Waals surface area contributed by atoms with E-state index in [1.807, 2.05) is 47.4 Å². The van der Waals surface area contributed by atoms with E-state index in [0.29, 0.717) is 32.2 Å². The SMILES string of the molecule is CC(C)(N)C(=O)N[C@H](COCc1ccccc1)C(=O)N1CCC2(CC1)CN(c1n[nH]c(N)n1)c1ccccc12. The van der Waals surface area contributed by atoms with Gasteiger partial charge in [-0.1, -0.05) is 48.5 Å². The van der Waals surface area contributed by atoms with Gasteiger partial charge in [0.25, 0.3) is 5.95 Å². The van der Waals surface area contributed by atoms with Gasteiger partial charge in [0.05, 0.1) is 18.8 Å². The number of nitrogens with two attached hydrogens (primary N) is 2. The monoisotopic (exact) mass is 532 g/mol. The minimum absolute atomic E-state index is 0.0556. The number of H-pyrrole nitrogens is 1. The molecule has 5 rings (SSSR count). The second-order valence-corrected chi connectivity index (χ2v) is 11.0. The molecule has 0 unspecified atom stereocenters. The molecular formula is C28H36N8O3. The number of ether oxygens (including phenoxy) is 1. The van der Waals surface area contributed by atoms with Crippen molar-refractivity contribution in [3.05, 3.63) is 65.7 Å². The van der Waals surface area contributed by atoms with Crippen molar-refractivity contribution < 1.29 is 14.3 Å². The van der Waals surface area contributed by atoms with E-state index in [4.69, 9.17) is 16.2 Å². The highest BCUT2D eigenvalue weighted by molar-refractivity contribution is 5.91. The highest BCUT2D eigenvalue weighted by atomic mass is 16.5. The number of nitrogen functional groups attached to an aromatic ring is 1. The molecule has 2 aliphatic rings. The summed E-state index contributed by atoms with van der Waals surface area (Å²) in [6, 6.07) is 17.1. The highest BCUT2D eigenvalue weighted by Gasteiger charge is 2.47. The largest absolute Gasteiger partial charge is 0.374 e. The summed E-state index contributed by atoms with van der Waals surface area (Å²) in [6.07, 6.45) is 1.53. The number of hydrogen-bond donors (Lipinski definition) is 4. The van der Waals surface area contributed by atoms with Gasteiger partial charge < -0.3 is 31.3 Å². The lowest BCUT2D eigenvalue weighted by Crippen LogP contribution is -2.59. The topological polar surface area (TPSA) is 155 Å². The molecule has 39 heavy (non-hydrogen) atoms. The van der Waals surface area contributed by atoms with E-state index in [1.165, 1.54) is 5.56 Å². The lowest BCUT2D eigenvalue weighted by molar-refractivity contribution is -0.140. The van der Waals surface area contributed by atoms with Crippen molar-refractivity contribution in [2.75, 3.05) is 36.9 Å². The molecule has 1 atom stereocenters. The molecule has 11 heteroatoms. The maximum atomic E-state index is 13.7. The number of likely N-dealkylation sites (tertiary alicyclic amines) is 1. The van der Waals surface area contributed by atoms with Gasteiger partial charge in [-0.15, -0.1) is 5.10 Å². The summed E-state index contributed by atoms with van der Waals surface area (Å²) in [5.74, 6) is 0.245. The van der Waals surface area contributed by atoms with Crippen LogP contribution >= 0.6 is 0 Å². The summed E-state index contributed by atoms with van der Waals surface area (Å²) in [7, 11) is 0. The summed E-state index contributed by atoms with van der Waals surface area (Å²) in [5.41, 5.74) is 13.8. The zero-order chi connectivity index (χ0) is 27.6. The fourth-order valence-electron chi connectivity index (χ4n) is 5.39. The Kier molecular flexibility index (Phi) is 7.28. The molecule has 11 nitrogen and oxygen atoms in total. The Morgan fingerprint density at radius 2 is 1.82 bits per heavy atom. The van der Waals surface area contributed by atoms with E-state index in [0.717, 1.165) is 24.1 Å². The van der Waals surface area contributed by atoms with Gasteiger partial charge in [0.15, 0.2) is 0 Å². The molecule has 1 spiro atoms. The van der Waals surface area contributed by atoms with Gasteiger partial charge in [-0.25, -0.2) is 5.10 Å². The van der Waals surface area contributed by atoms with Crippen LogP contribution in [-0.2, 0) is 26.3 Å². The normalized spacial score (nSPS) is 17.2. The number of nitrogens with zero attached hydrogens (tertiary/aromatic N) is 4. The van der Waals surface area contributed by atoms with Gasteiger partial charge in [-0.2, -0.15) is 4.98 Å². The molecule has 3 aromatic rings. The molecule has 1 saturated heterocycles. The van der Waals surface area contributed by atoms with E-state index in [1.54, 1.807) is 13.8 Å². The first-order valence-corrected chi connectivity index (χ1v) is 13.2. The zero-order valence-electron chi connectivity index (χ0n) is 22.4. The molecule has 1 fully saturated rings. The number of carbonyl (C=O) groups excluding carboxylic acids is 2. The number of para-hydroxylation sites is 1. The number of aromatic nitrogens is 3. The Bertz CT molecular complexity index is 1310. The molecule has 2 aromatic carbocycles. The Labute approximate surface area is 227 Å². The molecule has 0 radical (unpaired) electrons.